The predicted molar refractivity (Wildman–Crippen MR) is 201 cm³/mol. The third-order valence-corrected chi connectivity index (χ3v) is 9.68. The van der Waals surface area contributed by atoms with E-state index in [9.17, 15) is 0 Å². The van der Waals surface area contributed by atoms with Crippen LogP contribution in [0.15, 0.2) is 54.7 Å². The maximum Gasteiger partial charge on any atom is 0.228 e. The van der Waals surface area contributed by atoms with Crippen LogP contribution in [0, 0.1) is 13.8 Å². The third-order valence-electron chi connectivity index (χ3n) is 9.68. The summed E-state index contributed by atoms with van der Waals surface area (Å²) in [6.07, 6.45) is 20.7. The van der Waals surface area contributed by atoms with Crippen LogP contribution in [0.3, 0.4) is 0 Å². The number of hydrogen-bond donors (Lipinski definition) is 2. The molecular formula is C40H61BN5. The number of nitrogens with one attached hydrogen (secondary N) is 2. The van der Waals surface area contributed by atoms with Gasteiger partial charge in [-0.25, -0.2) is 4.98 Å². The number of aryl methyl sites for hydroxylation is 2. The molecule has 0 saturated carbocycles. The molecule has 0 atom stereocenters. The Hall–Kier alpha value is -3.02. The monoisotopic (exact) mass is 623 g/mol. The van der Waals surface area contributed by atoms with E-state index in [0.29, 0.717) is 0 Å². The van der Waals surface area contributed by atoms with Gasteiger partial charge >= 0.3 is 0 Å². The second-order valence-electron chi connectivity index (χ2n) is 13.9. The minimum Gasteiger partial charge on any atom is -0.383 e. The molecule has 46 heavy (non-hydrogen) atoms. The zero-order valence-electron chi connectivity index (χ0n) is 29.6. The van der Waals surface area contributed by atoms with Crippen molar-refractivity contribution < 1.29 is 0 Å². The summed E-state index contributed by atoms with van der Waals surface area (Å²) in [5, 5.41) is 8.73. The molecule has 0 unspecified atom stereocenters. The summed E-state index contributed by atoms with van der Waals surface area (Å²) < 4.78 is 0. The Bertz CT molecular complexity index is 1350. The molecule has 1 aromatic heterocycles. The number of anilines is 2. The molecule has 3 aromatic rings. The van der Waals surface area contributed by atoms with E-state index < -0.39 is 0 Å². The molecule has 1 radical (unpaired) electrons. The molecule has 1 aliphatic heterocycles. The number of benzene rings is 2. The third kappa shape index (κ3) is 11.1. The highest BCUT2D eigenvalue weighted by Crippen LogP contribution is 2.32. The molecule has 2 aromatic carbocycles. The second-order valence-corrected chi connectivity index (χ2v) is 13.9. The molecule has 0 spiro atoms. The zero-order chi connectivity index (χ0) is 32.6. The van der Waals surface area contributed by atoms with Crippen LogP contribution in [0.5, 0.6) is 0 Å². The lowest BCUT2D eigenvalue weighted by Gasteiger charge is -2.44. The van der Waals surface area contributed by atoms with E-state index in [1.807, 2.05) is 0 Å². The molecule has 1 aliphatic rings. The van der Waals surface area contributed by atoms with Crippen LogP contribution < -0.4 is 15.5 Å². The average molecular weight is 623 g/mol. The molecule has 2 heterocycles. The number of allylic oxidation sites excluding steroid dienone is 1. The maximum absolute atomic E-state index is 5.18. The van der Waals surface area contributed by atoms with Crippen molar-refractivity contribution in [2.75, 3.05) is 23.3 Å². The van der Waals surface area contributed by atoms with Gasteiger partial charge in [0.1, 0.15) is 13.1 Å². The van der Waals surface area contributed by atoms with E-state index in [1.165, 1.54) is 99.4 Å². The first kappa shape index (κ1) is 35.8. The molecule has 249 valence electrons. The molecule has 0 amide bonds. The maximum atomic E-state index is 5.18. The Labute approximate surface area is 281 Å². The summed E-state index contributed by atoms with van der Waals surface area (Å²) in [4.78, 5) is 12.6. The number of fused-ring (bicyclic) bond motifs is 1. The highest BCUT2D eigenvalue weighted by Gasteiger charge is 2.37. The molecule has 6 heteroatoms. The van der Waals surface area contributed by atoms with E-state index in [-0.39, 0.29) is 5.54 Å². The Morgan fingerprint density at radius 1 is 0.848 bits per heavy atom. The van der Waals surface area contributed by atoms with Gasteiger partial charge in [0, 0.05) is 36.3 Å². The topological polar surface area (TPSA) is 53.1 Å². The fourth-order valence-electron chi connectivity index (χ4n) is 6.67. The Morgan fingerprint density at radius 2 is 1.52 bits per heavy atom. The van der Waals surface area contributed by atoms with Gasteiger partial charge in [-0.3, -0.25) is 0 Å². The molecular weight excluding hydrogens is 561 g/mol. The largest absolute Gasteiger partial charge is 0.383 e. The SMILES string of the molecule is C=C(CCCCCCCCCCCCCC)NC1(CNc2nc(N(CCC)Cc3ccccc3C)nc3ccc(C)cc23)C[B]C1. The van der Waals surface area contributed by atoms with Crippen molar-refractivity contribution in [1.82, 2.24) is 15.3 Å². The van der Waals surface area contributed by atoms with Gasteiger partial charge in [0.2, 0.25) is 5.95 Å². The first-order chi connectivity index (χ1) is 22.4. The lowest BCUT2D eigenvalue weighted by atomic mass is 9.46. The van der Waals surface area contributed by atoms with Gasteiger partial charge < -0.3 is 15.5 Å². The quantitative estimate of drug-likeness (QED) is 0.0814. The normalized spacial score (nSPS) is 13.7. The fourth-order valence-corrected chi connectivity index (χ4v) is 6.67. The highest BCUT2D eigenvalue weighted by molar-refractivity contribution is 6.41. The van der Waals surface area contributed by atoms with Gasteiger partial charge in [-0.2, -0.15) is 4.98 Å². The zero-order valence-corrected chi connectivity index (χ0v) is 29.6. The summed E-state index contributed by atoms with van der Waals surface area (Å²) in [6.45, 7) is 15.8. The number of aromatic nitrogens is 2. The summed E-state index contributed by atoms with van der Waals surface area (Å²) in [5.41, 5.74) is 6.01. The smallest absolute Gasteiger partial charge is 0.228 e. The predicted octanol–water partition coefficient (Wildman–Crippen LogP) is 10.6. The first-order valence-electron chi connectivity index (χ1n) is 18.5. The number of hydrogen-bond acceptors (Lipinski definition) is 5. The van der Waals surface area contributed by atoms with Crippen molar-refractivity contribution in [2.45, 2.75) is 142 Å². The standard InChI is InChI=1S/C40H61BN5/c1-6-8-9-10-11-12-13-14-15-16-17-18-22-34(5)45-40(29-41-30-40)31-42-38-36-27-32(3)24-25-37(36)43-39(44-38)46(26-7-2)28-35-23-20-19-21-33(35)4/h19-21,23-25,27,45H,5-18,22,26,28-31H2,1-4H3,(H,42,43,44). The minimum atomic E-state index is -0.000268. The van der Waals surface area contributed by atoms with Gasteiger partial charge in [0.15, 0.2) is 0 Å². The van der Waals surface area contributed by atoms with Crippen LogP contribution in [0.2, 0.25) is 12.6 Å². The molecule has 1 fully saturated rings. The highest BCUT2D eigenvalue weighted by atomic mass is 15.3. The minimum absolute atomic E-state index is 0.000268. The van der Waals surface area contributed by atoms with Crippen LogP contribution in [-0.4, -0.2) is 35.9 Å². The molecule has 0 bridgehead atoms. The Morgan fingerprint density at radius 3 is 2.15 bits per heavy atom. The van der Waals surface area contributed by atoms with Gasteiger partial charge in [-0.15, -0.1) is 0 Å². The van der Waals surface area contributed by atoms with E-state index >= 15 is 0 Å². The van der Waals surface area contributed by atoms with Crippen LogP contribution in [-0.2, 0) is 6.54 Å². The van der Waals surface area contributed by atoms with E-state index in [0.717, 1.165) is 67.8 Å². The van der Waals surface area contributed by atoms with E-state index in [4.69, 9.17) is 9.97 Å². The van der Waals surface area contributed by atoms with Crippen molar-refractivity contribution in [1.29, 1.82) is 0 Å². The number of rotatable bonds is 23. The first-order valence-corrected chi connectivity index (χ1v) is 18.5. The van der Waals surface area contributed by atoms with Crippen molar-refractivity contribution in [2.24, 2.45) is 0 Å². The molecule has 4 rings (SSSR count). The summed E-state index contributed by atoms with van der Waals surface area (Å²) in [5.74, 6) is 1.72. The summed E-state index contributed by atoms with van der Waals surface area (Å²) in [7, 11) is 2.38. The van der Waals surface area contributed by atoms with Gasteiger partial charge in [-0.1, -0.05) is 140 Å². The van der Waals surface area contributed by atoms with Crippen LogP contribution >= 0.6 is 0 Å². The van der Waals surface area contributed by atoms with Crippen LogP contribution in [0.4, 0.5) is 11.8 Å². The fraction of sp³-hybridized carbons (Fsp3) is 0.600. The van der Waals surface area contributed by atoms with Crippen LogP contribution in [0.1, 0.15) is 120 Å². The second kappa shape index (κ2) is 19.0. The van der Waals surface area contributed by atoms with Crippen molar-refractivity contribution in [3.63, 3.8) is 0 Å². The van der Waals surface area contributed by atoms with E-state index in [1.54, 1.807) is 0 Å². The molecule has 0 aliphatic carbocycles. The van der Waals surface area contributed by atoms with Crippen molar-refractivity contribution in [3.8, 4) is 0 Å². The lowest BCUT2D eigenvalue weighted by Crippen LogP contribution is -2.57. The molecule has 2 N–H and O–H groups in total. The van der Waals surface area contributed by atoms with Gasteiger partial charge in [0.25, 0.3) is 0 Å². The Kier molecular flexibility index (Phi) is 14.8. The van der Waals surface area contributed by atoms with Crippen molar-refractivity contribution >= 4 is 29.9 Å². The van der Waals surface area contributed by atoms with E-state index in [2.05, 4.69) is 99.6 Å². The summed E-state index contributed by atoms with van der Waals surface area (Å²) >= 11 is 0. The summed E-state index contributed by atoms with van der Waals surface area (Å²) in [6, 6.07) is 15.1. The molecule has 1 saturated heterocycles. The number of nitrogens with zero attached hydrogens (tertiary/aromatic N) is 3. The number of unbranched alkanes of at least 4 members (excludes halogenated alkanes) is 11. The van der Waals surface area contributed by atoms with Gasteiger partial charge in [-0.05, 0) is 56.4 Å². The Balaban J connectivity index is 1.31. The van der Waals surface area contributed by atoms with Gasteiger partial charge in [0.05, 0.1) is 5.52 Å². The molecule has 5 nitrogen and oxygen atoms in total. The lowest BCUT2D eigenvalue weighted by molar-refractivity contribution is 0.405. The van der Waals surface area contributed by atoms with Crippen molar-refractivity contribution in [3.05, 3.63) is 71.4 Å². The average Bonchev–Trinajstić information content (AvgIpc) is 3.03. The van der Waals surface area contributed by atoms with Crippen LogP contribution in [0.25, 0.3) is 10.9 Å².